The summed E-state index contributed by atoms with van der Waals surface area (Å²) >= 11 is 5.36. The third kappa shape index (κ3) is 3.27. The SMILES string of the molecule is Cc1cc(C(=O)N2CCCN2C(=S)NCC(C)C)no1. The van der Waals surface area contributed by atoms with Gasteiger partial charge in [0.25, 0.3) is 5.91 Å². The number of hydrogen-bond acceptors (Lipinski definition) is 4. The minimum Gasteiger partial charge on any atom is -0.361 e. The summed E-state index contributed by atoms with van der Waals surface area (Å²) in [6.07, 6.45) is 0.895. The lowest BCUT2D eigenvalue weighted by Crippen LogP contribution is -2.49. The predicted molar refractivity (Wildman–Crippen MR) is 79.0 cm³/mol. The van der Waals surface area contributed by atoms with E-state index in [1.807, 2.05) is 5.01 Å². The van der Waals surface area contributed by atoms with Crippen molar-refractivity contribution in [3.05, 3.63) is 17.5 Å². The highest BCUT2D eigenvalue weighted by molar-refractivity contribution is 7.80. The fraction of sp³-hybridized carbons (Fsp3) is 0.615. The number of carbonyl (C=O) groups excluding carboxylic acids is 1. The van der Waals surface area contributed by atoms with Gasteiger partial charge in [-0.1, -0.05) is 19.0 Å². The van der Waals surface area contributed by atoms with E-state index in [-0.39, 0.29) is 5.91 Å². The highest BCUT2D eigenvalue weighted by Gasteiger charge is 2.30. The van der Waals surface area contributed by atoms with Crippen molar-refractivity contribution in [3.63, 3.8) is 0 Å². The summed E-state index contributed by atoms with van der Waals surface area (Å²) in [5.41, 5.74) is 0.320. The Kier molecular flexibility index (Phi) is 4.59. The van der Waals surface area contributed by atoms with Gasteiger partial charge in [-0.3, -0.25) is 9.80 Å². The third-order valence-corrected chi connectivity index (χ3v) is 3.36. The largest absolute Gasteiger partial charge is 0.361 e. The number of aryl methyl sites for hydroxylation is 1. The van der Waals surface area contributed by atoms with E-state index in [0.29, 0.717) is 29.0 Å². The molecule has 0 saturated carbocycles. The van der Waals surface area contributed by atoms with Gasteiger partial charge in [-0.05, 0) is 31.5 Å². The van der Waals surface area contributed by atoms with Gasteiger partial charge >= 0.3 is 0 Å². The van der Waals surface area contributed by atoms with Crippen LogP contribution in [0.25, 0.3) is 0 Å². The summed E-state index contributed by atoms with van der Waals surface area (Å²) in [4.78, 5) is 12.4. The van der Waals surface area contributed by atoms with Gasteiger partial charge in [0.15, 0.2) is 10.8 Å². The molecule has 0 aliphatic carbocycles. The molecule has 1 aromatic heterocycles. The quantitative estimate of drug-likeness (QED) is 0.855. The van der Waals surface area contributed by atoms with Crippen LogP contribution in [0.15, 0.2) is 10.6 Å². The number of nitrogens with one attached hydrogen (secondary N) is 1. The Morgan fingerprint density at radius 3 is 2.80 bits per heavy atom. The van der Waals surface area contributed by atoms with E-state index in [0.717, 1.165) is 19.5 Å². The van der Waals surface area contributed by atoms with Gasteiger partial charge in [0.05, 0.1) is 0 Å². The molecular weight excluding hydrogens is 276 g/mol. The summed E-state index contributed by atoms with van der Waals surface area (Å²) in [6, 6.07) is 1.64. The number of amides is 1. The van der Waals surface area contributed by atoms with E-state index in [1.165, 1.54) is 0 Å². The molecule has 20 heavy (non-hydrogen) atoms. The molecule has 1 N–H and O–H groups in total. The fourth-order valence-corrected chi connectivity index (χ4v) is 2.29. The van der Waals surface area contributed by atoms with Gasteiger partial charge in [-0.25, -0.2) is 5.01 Å². The number of hydrazine groups is 1. The summed E-state index contributed by atoms with van der Waals surface area (Å²) in [6.45, 7) is 8.17. The summed E-state index contributed by atoms with van der Waals surface area (Å²) in [5.74, 6) is 0.950. The molecule has 1 fully saturated rings. The number of thiocarbonyl (C=S) groups is 1. The van der Waals surface area contributed by atoms with E-state index < -0.39 is 0 Å². The van der Waals surface area contributed by atoms with Gasteiger partial charge in [-0.15, -0.1) is 0 Å². The molecule has 6 nitrogen and oxygen atoms in total. The van der Waals surface area contributed by atoms with Crippen LogP contribution in [0.2, 0.25) is 0 Å². The third-order valence-electron chi connectivity index (χ3n) is 3.01. The molecule has 0 bridgehead atoms. The minimum atomic E-state index is -0.173. The molecule has 0 radical (unpaired) electrons. The van der Waals surface area contributed by atoms with Crippen LogP contribution >= 0.6 is 12.2 Å². The van der Waals surface area contributed by atoms with Crippen LogP contribution in [-0.4, -0.2) is 45.8 Å². The smallest absolute Gasteiger partial charge is 0.294 e. The first-order valence-electron chi connectivity index (χ1n) is 6.79. The minimum absolute atomic E-state index is 0.173. The van der Waals surface area contributed by atoms with E-state index in [9.17, 15) is 4.79 Å². The number of rotatable bonds is 3. The van der Waals surface area contributed by atoms with Gasteiger partial charge in [-0.2, -0.15) is 0 Å². The van der Waals surface area contributed by atoms with Crippen LogP contribution in [0.1, 0.15) is 36.5 Å². The Morgan fingerprint density at radius 1 is 1.50 bits per heavy atom. The lowest BCUT2D eigenvalue weighted by molar-refractivity contribution is 0.0480. The number of nitrogens with zero attached hydrogens (tertiary/aromatic N) is 3. The summed E-state index contributed by atoms with van der Waals surface area (Å²) in [5, 5.41) is 11.0. The van der Waals surface area contributed by atoms with Crippen molar-refractivity contribution in [2.75, 3.05) is 19.6 Å². The van der Waals surface area contributed by atoms with Crippen molar-refractivity contribution in [1.29, 1.82) is 0 Å². The van der Waals surface area contributed by atoms with Crippen LogP contribution in [0, 0.1) is 12.8 Å². The molecule has 1 saturated heterocycles. The molecular formula is C13H20N4O2S. The maximum atomic E-state index is 12.4. The summed E-state index contributed by atoms with van der Waals surface area (Å²) < 4.78 is 4.96. The lowest BCUT2D eigenvalue weighted by atomic mass is 10.2. The van der Waals surface area contributed by atoms with E-state index in [4.69, 9.17) is 16.7 Å². The maximum absolute atomic E-state index is 12.4. The van der Waals surface area contributed by atoms with Crippen molar-refractivity contribution >= 4 is 23.2 Å². The zero-order valence-corrected chi connectivity index (χ0v) is 12.9. The Bertz CT molecular complexity index is 500. The standard InChI is InChI=1S/C13H20N4O2S/c1-9(2)8-14-13(20)17-6-4-5-16(17)12(18)11-7-10(3)19-15-11/h7,9H,4-6,8H2,1-3H3,(H,14,20). The van der Waals surface area contributed by atoms with Gasteiger partial charge in [0.2, 0.25) is 0 Å². The second-order valence-electron chi connectivity index (χ2n) is 5.31. The first-order chi connectivity index (χ1) is 9.49. The van der Waals surface area contributed by atoms with Crippen LogP contribution in [0.4, 0.5) is 0 Å². The first kappa shape index (κ1) is 14.8. The summed E-state index contributed by atoms with van der Waals surface area (Å²) in [7, 11) is 0. The Labute approximate surface area is 124 Å². The normalized spacial score (nSPS) is 15.0. The molecule has 7 heteroatoms. The lowest BCUT2D eigenvalue weighted by Gasteiger charge is -2.29. The average Bonchev–Trinajstić information content (AvgIpc) is 3.03. The molecule has 1 aliphatic heterocycles. The van der Waals surface area contributed by atoms with Gasteiger partial charge < -0.3 is 9.84 Å². The second kappa shape index (κ2) is 6.21. The van der Waals surface area contributed by atoms with Crippen LogP contribution in [-0.2, 0) is 0 Å². The van der Waals surface area contributed by atoms with Crippen LogP contribution in [0.3, 0.4) is 0 Å². The average molecular weight is 296 g/mol. The van der Waals surface area contributed by atoms with Crippen molar-refractivity contribution in [1.82, 2.24) is 20.5 Å². The number of carbonyl (C=O) groups is 1. The zero-order valence-electron chi connectivity index (χ0n) is 12.0. The Morgan fingerprint density at radius 2 is 2.20 bits per heavy atom. The second-order valence-corrected chi connectivity index (χ2v) is 5.69. The molecule has 0 atom stereocenters. The Hall–Kier alpha value is -1.63. The predicted octanol–water partition coefficient (Wildman–Crippen LogP) is 1.58. The molecule has 0 unspecified atom stereocenters. The monoisotopic (exact) mass is 296 g/mol. The van der Waals surface area contributed by atoms with Crippen molar-refractivity contribution in [2.24, 2.45) is 5.92 Å². The van der Waals surface area contributed by atoms with E-state index in [2.05, 4.69) is 24.3 Å². The van der Waals surface area contributed by atoms with Crippen molar-refractivity contribution < 1.29 is 9.32 Å². The van der Waals surface area contributed by atoms with Crippen LogP contribution in [0.5, 0.6) is 0 Å². The molecule has 2 heterocycles. The Balaban J connectivity index is 2.03. The van der Waals surface area contributed by atoms with Crippen LogP contribution < -0.4 is 5.32 Å². The number of hydrogen-bond donors (Lipinski definition) is 1. The molecule has 1 aromatic rings. The molecule has 2 rings (SSSR count). The maximum Gasteiger partial charge on any atom is 0.294 e. The van der Waals surface area contributed by atoms with E-state index in [1.54, 1.807) is 18.0 Å². The van der Waals surface area contributed by atoms with Gasteiger partial charge in [0.1, 0.15) is 5.76 Å². The first-order valence-corrected chi connectivity index (χ1v) is 7.20. The molecule has 0 aromatic carbocycles. The topological polar surface area (TPSA) is 61.6 Å². The van der Waals surface area contributed by atoms with Crippen molar-refractivity contribution in [3.8, 4) is 0 Å². The van der Waals surface area contributed by atoms with Crippen molar-refractivity contribution in [2.45, 2.75) is 27.2 Å². The molecule has 1 aliphatic rings. The highest BCUT2D eigenvalue weighted by Crippen LogP contribution is 2.15. The number of aromatic nitrogens is 1. The van der Waals surface area contributed by atoms with E-state index >= 15 is 0 Å². The molecule has 110 valence electrons. The fourth-order valence-electron chi connectivity index (χ4n) is 2.02. The molecule has 0 spiro atoms. The molecule has 1 amide bonds. The van der Waals surface area contributed by atoms with Gasteiger partial charge in [0, 0.05) is 25.7 Å². The highest BCUT2D eigenvalue weighted by atomic mass is 32.1. The zero-order chi connectivity index (χ0) is 14.7.